The first-order chi connectivity index (χ1) is 14.1. The molecule has 162 valence electrons. The van der Waals surface area contributed by atoms with Gasteiger partial charge in [0, 0.05) is 45.4 Å². The lowest BCUT2D eigenvalue weighted by Crippen LogP contribution is -2.41. The van der Waals surface area contributed by atoms with Crippen LogP contribution in [0.1, 0.15) is 70.3 Å². The maximum atomic E-state index is 13.4. The van der Waals surface area contributed by atoms with Gasteiger partial charge in [-0.3, -0.25) is 4.79 Å². The van der Waals surface area contributed by atoms with Gasteiger partial charge in [-0.15, -0.1) is 0 Å². The molecule has 1 aliphatic carbocycles. The highest BCUT2D eigenvalue weighted by Crippen LogP contribution is 2.33. The van der Waals surface area contributed by atoms with E-state index in [-0.39, 0.29) is 12.0 Å². The van der Waals surface area contributed by atoms with Crippen LogP contribution in [0.15, 0.2) is 24.3 Å². The Morgan fingerprint density at radius 2 is 1.79 bits per heavy atom. The van der Waals surface area contributed by atoms with Gasteiger partial charge in [0.15, 0.2) is 0 Å². The maximum absolute atomic E-state index is 13.4. The van der Waals surface area contributed by atoms with Crippen LogP contribution in [0.4, 0.5) is 5.69 Å². The van der Waals surface area contributed by atoms with E-state index in [1.807, 2.05) is 0 Å². The number of anilines is 1. The van der Waals surface area contributed by atoms with Gasteiger partial charge in [0.05, 0.1) is 6.10 Å². The summed E-state index contributed by atoms with van der Waals surface area (Å²) in [6.07, 6.45) is 10.9. The van der Waals surface area contributed by atoms with Crippen molar-refractivity contribution in [1.82, 2.24) is 4.90 Å². The standard InChI is InChI=1S/C25H40N2O2/c1-4-5-7-20-9-13-22(14-10-20)25(28)27(19-24-8-6-17-29-24)18-21-11-15-23(16-12-21)26(2)3/h11-12,15-16,20,22,24H,4-10,13-14,17-19H2,1-3H3. The van der Waals surface area contributed by atoms with E-state index in [1.165, 1.54) is 43.4 Å². The Labute approximate surface area is 177 Å². The third-order valence-electron chi connectivity index (χ3n) is 6.75. The molecule has 1 saturated heterocycles. The second kappa shape index (κ2) is 11.0. The van der Waals surface area contributed by atoms with Crippen LogP contribution in [0.2, 0.25) is 0 Å². The van der Waals surface area contributed by atoms with E-state index in [0.717, 1.165) is 44.8 Å². The maximum Gasteiger partial charge on any atom is 0.226 e. The predicted octanol–water partition coefficient (Wildman–Crippen LogP) is 5.26. The smallest absolute Gasteiger partial charge is 0.226 e. The number of amides is 1. The zero-order valence-electron chi connectivity index (χ0n) is 18.7. The number of rotatable bonds is 9. The number of carbonyl (C=O) groups excluding carboxylic acids is 1. The number of hydrogen-bond donors (Lipinski definition) is 0. The summed E-state index contributed by atoms with van der Waals surface area (Å²) >= 11 is 0. The number of unbranched alkanes of at least 4 members (excludes halogenated alkanes) is 1. The molecule has 29 heavy (non-hydrogen) atoms. The van der Waals surface area contributed by atoms with Crippen molar-refractivity contribution in [3.05, 3.63) is 29.8 Å². The molecule has 4 nitrogen and oxygen atoms in total. The Morgan fingerprint density at radius 3 is 2.38 bits per heavy atom. The lowest BCUT2D eigenvalue weighted by molar-refractivity contribution is -0.139. The first kappa shape index (κ1) is 22.1. The van der Waals surface area contributed by atoms with Crippen molar-refractivity contribution < 1.29 is 9.53 Å². The monoisotopic (exact) mass is 400 g/mol. The van der Waals surface area contributed by atoms with Crippen LogP contribution in [0.25, 0.3) is 0 Å². The average Bonchev–Trinajstić information content (AvgIpc) is 3.25. The van der Waals surface area contributed by atoms with E-state index in [4.69, 9.17) is 4.74 Å². The van der Waals surface area contributed by atoms with Crippen molar-refractivity contribution in [2.24, 2.45) is 11.8 Å². The van der Waals surface area contributed by atoms with Gasteiger partial charge in [-0.2, -0.15) is 0 Å². The summed E-state index contributed by atoms with van der Waals surface area (Å²) in [5.74, 6) is 1.39. The van der Waals surface area contributed by atoms with Gasteiger partial charge in [0.1, 0.15) is 0 Å². The molecule has 1 aliphatic heterocycles. The molecule has 0 spiro atoms. The molecule has 0 radical (unpaired) electrons. The van der Waals surface area contributed by atoms with Crippen molar-refractivity contribution in [2.45, 2.75) is 77.4 Å². The number of carbonyl (C=O) groups is 1. The highest BCUT2D eigenvalue weighted by molar-refractivity contribution is 5.79. The fourth-order valence-corrected chi connectivity index (χ4v) is 4.84. The Bertz CT molecular complexity index is 614. The molecule has 1 amide bonds. The van der Waals surface area contributed by atoms with Crippen molar-refractivity contribution in [2.75, 3.05) is 32.1 Å². The summed E-state index contributed by atoms with van der Waals surface area (Å²) < 4.78 is 5.87. The normalized spacial score (nSPS) is 24.4. The van der Waals surface area contributed by atoms with Gasteiger partial charge >= 0.3 is 0 Å². The van der Waals surface area contributed by atoms with Crippen LogP contribution >= 0.6 is 0 Å². The van der Waals surface area contributed by atoms with Gasteiger partial charge in [-0.1, -0.05) is 38.3 Å². The molecule has 0 bridgehead atoms. The molecule has 2 fully saturated rings. The molecule has 4 heteroatoms. The number of hydrogen-bond acceptors (Lipinski definition) is 3. The predicted molar refractivity (Wildman–Crippen MR) is 120 cm³/mol. The largest absolute Gasteiger partial charge is 0.378 e. The summed E-state index contributed by atoms with van der Waals surface area (Å²) in [6, 6.07) is 8.60. The minimum absolute atomic E-state index is 0.204. The Kier molecular flexibility index (Phi) is 8.40. The molecule has 1 aromatic rings. The van der Waals surface area contributed by atoms with Gasteiger partial charge in [-0.25, -0.2) is 0 Å². The minimum Gasteiger partial charge on any atom is -0.378 e. The first-order valence-electron chi connectivity index (χ1n) is 11.7. The number of ether oxygens (including phenoxy) is 1. The SMILES string of the molecule is CCCCC1CCC(C(=O)N(Cc2ccc(N(C)C)cc2)CC2CCCO2)CC1. The molecule has 1 saturated carbocycles. The van der Waals surface area contributed by atoms with Gasteiger partial charge in [0.2, 0.25) is 5.91 Å². The van der Waals surface area contributed by atoms with Crippen LogP contribution in [-0.2, 0) is 16.1 Å². The van der Waals surface area contributed by atoms with Crippen LogP contribution in [0.5, 0.6) is 0 Å². The van der Waals surface area contributed by atoms with Gasteiger partial charge < -0.3 is 14.5 Å². The number of nitrogens with zero attached hydrogens (tertiary/aromatic N) is 2. The Morgan fingerprint density at radius 1 is 1.07 bits per heavy atom. The van der Waals surface area contributed by atoms with E-state index < -0.39 is 0 Å². The van der Waals surface area contributed by atoms with E-state index in [9.17, 15) is 4.79 Å². The van der Waals surface area contributed by atoms with E-state index in [1.54, 1.807) is 0 Å². The second-order valence-corrected chi connectivity index (χ2v) is 9.27. The summed E-state index contributed by atoms with van der Waals surface area (Å²) in [5.41, 5.74) is 2.40. The summed E-state index contributed by atoms with van der Waals surface area (Å²) in [4.78, 5) is 17.7. The van der Waals surface area contributed by atoms with E-state index >= 15 is 0 Å². The van der Waals surface area contributed by atoms with E-state index in [0.29, 0.717) is 12.5 Å². The zero-order valence-corrected chi connectivity index (χ0v) is 18.7. The van der Waals surface area contributed by atoms with Crippen molar-refractivity contribution in [3.8, 4) is 0 Å². The van der Waals surface area contributed by atoms with E-state index in [2.05, 4.69) is 55.1 Å². The van der Waals surface area contributed by atoms with Crippen LogP contribution in [0, 0.1) is 11.8 Å². The Balaban J connectivity index is 1.62. The molecule has 0 aromatic heterocycles. The molecular weight excluding hydrogens is 360 g/mol. The molecule has 0 N–H and O–H groups in total. The fraction of sp³-hybridized carbons (Fsp3) is 0.720. The molecule has 1 aromatic carbocycles. The molecule has 3 rings (SSSR count). The topological polar surface area (TPSA) is 32.8 Å². The molecule has 2 aliphatic rings. The Hall–Kier alpha value is -1.55. The van der Waals surface area contributed by atoms with Crippen molar-refractivity contribution >= 4 is 11.6 Å². The number of benzene rings is 1. The van der Waals surface area contributed by atoms with Crippen molar-refractivity contribution in [3.63, 3.8) is 0 Å². The van der Waals surface area contributed by atoms with Crippen LogP contribution in [-0.4, -0.2) is 44.2 Å². The van der Waals surface area contributed by atoms with Crippen LogP contribution in [0.3, 0.4) is 0 Å². The highest BCUT2D eigenvalue weighted by Gasteiger charge is 2.31. The lowest BCUT2D eigenvalue weighted by Gasteiger charge is -2.33. The third kappa shape index (κ3) is 6.47. The van der Waals surface area contributed by atoms with Crippen molar-refractivity contribution in [1.29, 1.82) is 0 Å². The van der Waals surface area contributed by atoms with Crippen LogP contribution < -0.4 is 4.90 Å². The summed E-state index contributed by atoms with van der Waals surface area (Å²) in [5, 5.41) is 0. The third-order valence-corrected chi connectivity index (χ3v) is 6.75. The molecule has 1 unspecified atom stereocenters. The molecule has 1 heterocycles. The summed E-state index contributed by atoms with van der Waals surface area (Å²) in [7, 11) is 4.11. The lowest BCUT2D eigenvalue weighted by atomic mass is 9.79. The quantitative estimate of drug-likeness (QED) is 0.567. The highest BCUT2D eigenvalue weighted by atomic mass is 16.5. The second-order valence-electron chi connectivity index (χ2n) is 9.27. The molecule has 1 atom stereocenters. The molecular formula is C25H40N2O2. The zero-order chi connectivity index (χ0) is 20.6. The average molecular weight is 401 g/mol. The summed E-state index contributed by atoms with van der Waals surface area (Å²) in [6.45, 7) is 4.54. The minimum atomic E-state index is 0.204. The van der Waals surface area contributed by atoms with Gasteiger partial charge in [-0.05, 0) is 62.1 Å². The van der Waals surface area contributed by atoms with Gasteiger partial charge in [0.25, 0.3) is 0 Å². The first-order valence-corrected chi connectivity index (χ1v) is 11.7. The fourth-order valence-electron chi connectivity index (χ4n) is 4.84.